The molecule has 1 aliphatic heterocycles. The van der Waals surface area contributed by atoms with Crippen LogP contribution in [-0.4, -0.2) is 27.9 Å². The van der Waals surface area contributed by atoms with E-state index in [1.165, 1.54) is 6.20 Å². The van der Waals surface area contributed by atoms with Crippen LogP contribution in [0.3, 0.4) is 0 Å². The Morgan fingerprint density at radius 3 is 3.06 bits per heavy atom. The van der Waals surface area contributed by atoms with Crippen molar-refractivity contribution < 1.29 is 9.66 Å². The van der Waals surface area contributed by atoms with Gasteiger partial charge in [0.2, 0.25) is 0 Å². The molecule has 1 aromatic rings. The molecule has 1 unspecified atom stereocenters. The Hall–Kier alpha value is -1.47. The van der Waals surface area contributed by atoms with Crippen molar-refractivity contribution in [2.75, 3.05) is 13.2 Å². The number of rotatable bonds is 4. The van der Waals surface area contributed by atoms with E-state index < -0.39 is 4.92 Å². The van der Waals surface area contributed by atoms with Gasteiger partial charge in [-0.25, -0.2) is 4.68 Å². The van der Waals surface area contributed by atoms with Gasteiger partial charge in [0.15, 0.2) is 0 Å². The maximum absolute atomic E-state index is 10.9. The summed E-state index contributed by atoms with van der Waals surface area (Å²) in [5.41, 5.74) is 5.88. The molecule has 0 amide bonds. The molecule has 1 aliphatic rings. The molecule has 1 saturated heterocycles. The molecular formula is C10H16N4O3. The molecule has 0 aliphatic carbocycles. The lowest BCUT2D eigenvalue weighted by molar-refractivity contribution is -0.385. The van der Waals surface area contributed by atoms with Crippen LogP contribution in [0, 0.1) is 10.1 Å². The summed E-state index contributed by atoms with van der Waals surface area (Å²) in [4.78, 5) is 10.4. The van der Waals surface area contributed by atoms with Crippen molar-refractivity contribution in [3.05, 3.63) is 22.0 Å². The third-order valence-corrected chi connectivity index (χ3v) is 2.81. The van der Waals surface area contributed by atoms with E-state index in [1.807, 2.05) is 0 Å². The first kappa shape index (κ1) is 12.0. The monoisotopic (exact) mass is 240 g/mol. The summed E-state index contributed by atoms with van der Waals surface area (Å²) in [6.07, 6.45) is 4.63. The number of ether oxygens (including phenoxy) is 1. The van der Waals surface area contributed by atoms with Gasteiger partial charge >= 0.3 is 5.69 Å². The summed E-state index contributed by atoms with van der Waals surface area (Å²) in [7, 11) is 0. The molecule has 2 rings (SSSR count). The van der Waals surface area contributed by atoms with Gasteiger partial charge in [-0.15, -0.1) is 0 Å². The Bertz CT molecular complexity index is 398. The lowest BCUT2D eigenvalue weighted by Gasteiger charge is -2.22. The number of nitrogens with two attached hydrogens (primary N) is 1. The topological polar surface area (TPSA) is 96.2 Å². The summed E-state index contributed by atoms with van der Waals surface area (Å²) in [5, 5.41) is 15.1. The second-order valence-electron chi connectivity index (χ2n) is 4.06. The van der Waals surface area contributed by atoms with Gasteiger partial charge in [-0.1, -0.05) is 0 Å². The van der Waals surface area contributed by atoms with E-state index in [-0.39, 0.29) is 11.9 Å². The molecular weight excluding hydrogens is 224 g/mol. The molecule has 94 valence electrons. The second-order valence-corrected chi connectivity index (χ2v) is 4.06. The lowest BCUT2D eigenvalue weighted by atomic mass is 10.2. The molecule has 0 radical (unpaired) electrons. The van der Waals surface area contributed by atoms with Crippen molar-refractivity contribution in [3.8, 4) is 0 Å². The van der Waals surface area contributed by atoms with E-state index in [0.717, 1.165) is 19.3 Å². The molecule has 7 heteroatoms. The Balaban J connectivity index is 2.22. The lowest BCUT2D eigenvalue weighted by Crippen LogP contribution is -2.18. The van der Waals surface area contributed by atoms with Crippen molar-refractivity contribution >= 4 is 5.69 Å². The first-order valence-corrected chi connectivity index (χ1v) is 5.76. The third kappa shape index (κ3) is 2.62. The number of nitro groups is 1. The van der Waals surface area contributed by atoms with Crippen LogP contribution in [0.1, 0.15) is 31.2 Å². The fourth-order valence-electron chi connectivity index (χ4n) is 1.97. The summed E-state index contributed by atoms with van der Waals surface area (Å²) in [6, 6.07) is 0. The zero-order valence-corrected chi connectivity index (χ0v) is 9.54. The highest BCUT2D eigenvalue weighted by Gasteiger charge is 2.23. The van der Waals surface area contributed by atoms with Gasteiger partial charge in [-0.3, -0.25) is 10.1 Å². The third-order valence-electron chi connectivity index (χ3n) is 2.81. The molecule has 1 aromatic heterocycles. The molecule has 2 N–H and O–H groups in total. The normalized spacial score (nSPS) is 20.4. The smallest absolute Gasteiger partial charge is 0.310 e. The quantitative estimate of drug-likeness (QED) is 0.625. The van der Waals surface area contributed by atoms with E-state index in [0.29, 0.717) is 25.3 Å². The van der Waals surface area contributed by atoms with Crippen LogP contribution < -0.4 is 5.73 Å². The highest BCUT2D eigenvalue weighted by molar-refractivity contribution is 5.32. The zero-order chi connectivity index (χ0) is 12.3. The van der Waals surface area contributed by atoms with Crippen LogP contribution in [0.25, 0.3) is 0 Å². The summed E-state index contributed by atoms with van der Waals surface area (Å²) < 4.78 is 7.09. The standard InChI is InChI=1S/C10H16N4O3/c11-5-4-8-9(14(15)16)7-13(12-8)10-3-1-2-6-17-10/h7,10H,1-6,11H2. The average molecular weight is 240 g/mol. The highest BCUT2D eigenvalue weighted by Crippen LogP contribution is 2.25. The maximum atomic E-state index is 10.9. The van der Waals surface area contributed by atoms with Crippen LogP contribution in [0.5, 0.6) is 0 Å². The Labute approximate surface area is 98.7 Å². The summed E-state index contributed by atoms with van der Waals surface area (Å²) in [5.74, 6) is 0. The molecule has 0 bridgehead atoms. The van der Waals surface area contributed by atoms with E-state index >= 15 is 0 Å². The molecule has 2 heterocycles. The second kappa shape index (κ2) is 5.24. The first-order chi connectivity index (χ1) is 8.22. The molecule has 0 spiro atoms. The first-order valence-electron chi connectivity index (χ1n) is 5.76. The fraction of sp³-hybridized carbons (Fsp3) is 0.700. The maximum Gasteiger partial charge on any atom is 0.310 e. The van der Waals surface area contributed by atoms with E-state index in [2.05, 4.69) is 5.10 Å². The Morgan fingerprint density at radius 2 is 2.47 bits per heavy atom. The van der Waals surface area contributed by atoms with Gasteiger partial charge in [0.25, 0.3) is 0 Å². The molecule has 0 aromatic carbocycles. The zero-order valence-electron chi connectivity index (χ0n) is 9.54. The minimum Gasteiger partial charge on any atom is -0.357 e. The summed E-state index contributed by atoms with van der Waals surface area (Å²) >= 11 is 0. The van der Waals surface area contributed by atoms with Gasteiger partial charge in [-0.05, 0) is 25.8 Å². The number of nitrogens with zero attached hydrogens (tertiary/aromatic N) is 3. The molecule has 0 saturated carbocycles. The van der Waals surface area contributed by atoms with Crippen molar-refractivity contribution in [2.45, 2.75) is 31.9 Å². The molecule has 17 heavy (non-hydrogen) atoms. The van der Waals surface area contributed by atoms with Gasteiger partial charge in [-0.2, -0.15) is 5.10 Å². The molecule has 7 nitrogen and oxygen atoms in total. The van der Waals surface area contributed by atoms with Crippen LogP contribution in [0.2, 0.25) is 0 Å². The van der Waals surface area contributed by atoms with Crippen molar-refractivity contribution in [2.24, 2.45) is 5.73 Å². The van der Waals surface area contributed by atoms with Gasteiger partial charge in [0.1, 0.15) is 18.1 Å². The number of hydrogen-bond donors (Lipinski definition) is 1. The molecule has 1 atom stereocenters. The summed E-state index contributed by atoms with van der Waals surface area (Å²) in [6.45, 7) is 1.04. The van der Waals surface area contributed by atoms with Gasteiger partial charge in [0, 0.05) is 13.0 Å². The number of aromatic nitrogens is 2. The van der Waals surface area contributed by atoms with Crippen LogP contribution in [0.15, 0.2) is 6.20 Å². The van der Waals surface area contributed by atoms with Crippen molar-refractivity contribution in [1.29, 1.82) is 0 Å². The SMILES string of the molecule is NCCc1nn(C2CCCCO2)cc1[N+](=O)[O-]. The number of hydrogen-bond acceptors (Lipinski definition) is 5. The minimum absolute atomic E-state index is 0.0321. The largest absolute Gasteiger partial charge is 0.357 e. The van der Waals surface area contributed by atoms with Crippen LogP contribution in [0.4, 0.5) is 5.69 Å². The fourth-order valence-corrected chi connectivity index (χ4v) is 1.97. The van der Waals surface area contributed by atoms with E-state index in [1.54, 1.807) is 4.68 Å². The Morgan fingerprint density at radius 1 is 1.65 bits per heavy atom. The minimum atomic E-state index is -0.419. The molecule has 1 fully saturated rings. The average Bonchev–Trinajstić information content (AvgIpc) is 2.75. The van der Waals surface area contributed by atoms with E-state index in [4.69, 9.17) is 10.5 Å². The highest BCUT2D eigenvalue weighted by atomic mass is 16.6. The van der Waals surface area contributed by atoms with Crippen LogP contribution >= 0.6 is 0 Å². The van der Waals surface area contributed by atoms with Gasteiger partial charge < -0.3 is 10.5 Å². The van der Waals surface area contributed by atoms with Gasteiger partial charge in [0.05, 0.1) is 4.92 Å². The Kier molecular flexibility index (Phi) is 3.70. The van der Waals surface area contributed by atoms with Crippen LogP contribution in [-0.2, 0) is 11.2 Å². The van der Waals surface area contributed by atoms with Crippen molar-refractivity contribution in [3.63, 3.8) is 0 Å². The van der Waals surface area contributed by atoms with Crippen molar-refractivity contribution in [1.82, 2.24) is 9.78 Å². The predicted molar refractivity (Wildman–Crippen MR) is 60.5 cm³/mol. The van der Waals surface area contributed by atoms with E-state index in [9.17, 15) is 10.1 Å². The predicted octanol–water partition coefficient (Wildman–Crippen LogP) is 0.992.